The van der Waals surface area contributed by atoms with Crippen LogP contribution in [-0.2, 0) is 0 Å². The molecule has 0 amide bonds. The molecule has 0 unspecified atom stereocenters. The molecule has 1 saturated heterocycles. The lowest BCUT2D eigenvalue weighted by Crippen LogP contribution is -2.25. The van der Waals surface area contributed by atoms with Crippen LogP contribution in [0, 0.1) is 0 Å². The number of nitrogens with one attached hydrogen (secondary N) is 1. The Morgan fingerprint density at radius 2 is 2.38 bits per heavy atom. The van der Waals surface area contributed by atoms with Gasteiger partial charge in [-0.15, -0.1) is 11.8 Å². The smallest absolute Gasteiger partial charge is 0.0789 e. The van der Waals surface area contributed by atoms with Crippen molar-refractivity contribution in [2.45, 2.75) is 11.8 Å². The summed E-state index contributed by atoms with van der Waals surface area (Å²) in [5.41, 5.74) is 1.37. The predicted molar refractivity (Wildman–Crippen MR) is 62.0 cm³/mol. The fraction of sp³-hybridized carbons (Fsp3) is 0.400. The molecule has 0 spiro atoms. The summed E-state index contributed by atoms with van der Waals surface area (Å²) in [6.07, 6.45) is 1.29. The van der Waals surface area contributed by atoms with E-state index >= 15 is 0 Å². The highest BCUT2D eigenvalue weighted by molar-refractivity contribution is 9.10. The van der Waals surface area contributed by atoms with Crippen LogP contribution in [-0.4, -0.2) is 12.3 Å². The van der Waals surface area contributed by atoms with Crippen molar-refractivity contribution in [3.8, 4) is 0 Å². The second-order valence-electron chi connectivity index (χ2n) is 3.11. The molecule has 1 atom stereocenters. The highest BCUT2D eigenvalue weighted by atomic mass is 79.9. The molecule has 1 aromatic rings. The van der Waals surface area contributed by atoms with Crippen molar-refractivity contribution in [3.63, 3.8) is 0 Å². The third kappa shape index (κ3) is 2.48. The number of hydrogen-bond donors (Lipinski definition) is 1. The van der Waals surface area contributed by atoms with Gasteiger partial charge in [-0.05, 0) is 36.4 Å². The van der Waals surface area contributed by atoms with Crippen LogP contribution in [0.3, 0.4) is 0 Å². The average molecular weight is 258 g/mol. The monoisotopic (exact) mass is 257 g/mol. The quantitative estimate of drug-likeness (QED) is 0.830. The minimum Gasteiger partial charge on any atom is -0.302 e. The molecule has 3 heteroatoms. The Kier molecular flexibility index (Phi) is 3.30. The van der Waals surface area contributed by atoms with Gasteiger partial charge >= 0.3 is 0 Å². The minimum absolute atomic E-state index is 0.492. The third-order valence-electron chi connectivity index (χ3n) is 2.09. The van der Waals surface area contributed by atoms with Gasteiger partial charge in [0.05, 0.1) is 5.37 Å². The molecule has 1 nitrogen and oxygen atoms in total. The molecule has 70 valence electrons. The Morgan fingerprint density at radius 3 is 3.08 bits per heavy atom. The summed E-state index contributed by atoms with van der Waals surface area (Å²) >= 11 is 5.48. The fourth-order valence-corrected chi connectivity index (χ4v) is 2.99. The van der Waals surface area contributed by atoms with Gasteiger partial charge in [-0.2, -0.15) is 0 Å². The SMILES string of the molecule is Brc1cccc([C@H]2NCCCS2)c1. The van der Waals surface area contributed by atoms with Crippen molar-refractivity contribution in [2.75, 3.05) is 12.3 Å². The lowest BCUT2D eigenvalue weighted by Gasteiger charge is -2.23. The van der Waals surface area contributed by atoms with Crippen LogP contribution < -0.4 is 5.32 Å². The summed E-state index contributed by atoms with van der Waals surface area (Å²) in [5, 5.41) is 4.00. The number of hydrogen-bond acceptors (Lipinski definition) is 2. The molecule has 0 saturated carbocycles. The van der Waals surface area contributed by atoms with Gasteiger partial charge in [-0.1, -0.05) is 28.1 Å². The summed E-state index contributed by atoms with van der Waals surface area (Å²) in [4.78, 5) is 0. The van der Waals surface area contributed by atoms with E-state index in [-0.39, 0.29) is 0 Å². The first-order valence-corrected chi connectivity index (χ1v) is 6.31. The highest BCUT2D eigenvalue weighted by Gasteiger charge is 2.14. The van der Waals surface area contributed by atoms with Crippen molar-refractivity contribution in [1.82, 2.24) is 5.32 Å². The highest BCUT2D eigenvalue weighted by Crippen LogP contribution is 2.30. The number of halogens is 1. The van der Waals surface area contributed by atoms with Gasteiger partial charge in [0.2, 0.25) is 0 Å². The fourth-order valence-electron chi connectivity index (χ4n) is 1.45. The first-order valence-electron chi connectivity index (χ1n) is 4.47. The average Bonchev–Trinajstić information content (AvgIpc) is 2.19. The number of rotatable bonds is 1. The molecule has 0 aromatic heterocycles. The molecule has 1 N–H and O–H groups in total. The maximum Gasteiger partial charge on any atom is 0.0789 e. The van der Waals surface area contributed by atoms with E-state index in [2.05, 4.69) is 45.5 Å². The van der Waals surface area contributed by atoms with Gasteiger partial charge in [-0.3, -0.25) is 0 Å². The van der Waals surface area contributed by atoms with E-state index in [4.69, 9.17) is 0 Å². The third-order valence-corrected chi connectivity index (χ3v) is 3.88. The van der Waals surface area contributed by atoms with E-state index in [9.17, 15) is 0 Å². The van der Waals surface area contributed by atoms with Crippen LogP contribution in [0.2, 0.25) is 0 Å². The lowest BCUT2D eigenvalue weighted by molar-refractivity contribution is 0.643. The van der Waals surface area contributed by atoms with E-state index < -0.39 is 0 Å². The van der Waals surface area contributed by atoms with Crippen molar-refractivity contribution >= 4 is 27.7 Å². The zero-order valence-corrected chi connectivity index (χ0v) is 9.70. The summed E-state index contributed by atoms with van der Waals surface area (Å²) < 4.78 is 1.16. The van der Waals surface area contributed by atoms with Crippen LogP contribution in [0.25, 0.3) is 0 Å². The van der Waals surface area contributed by atoms with E-state index in [0.717, 1.165) is 11.0 Å². The minimum atomic E-state index is 0.492. The van der Waals surface area contributed by atoms with Crippen LogP contribution in [0.1, 0.15) is 17.4 Å². The second kappa shape index (κ2) is 4.49. The molecular weight excluding hydrogens is 246 g/mol. The molecule has 0 aliphatic carbocycles. The Hall–Kier alpha value is 0.01000. The van der Waals surface area contributed by atoms with E-state index in [0.29, 0.717) is 5.37 Å². The molecule has 0 bridgehead atoms. The molecule has 1 aromatic carbocycles. The first kappa shape index (κ1) is 9.56. The molecule has 1 fully saturated rings. The molecule has 2 rings (SSSR count). The largest absolute Gasteiger partial charge is 0.302 e. The molecule has 0 radical (unpaired) electrons. The first-order chi connectivity index (χ1) is 6.36. The van der Waals surface area contributed by atoms with Gasteiger partial charge < -0.3 is 5.32 Å². The predicted octanol–water partition coefficient (Wildman–Crippen LogP) is 3.17. The topological polar surface area (TPSA) is 12.0 Å². The summed E-state index contributed by atoms with van der Waals surface area (Å²) in [5.74, 6) is 1.27. The molecule has 1 aliphatic heterocycles. The zero-order chi connectivity index (χ0) is 9.10. The van der Waals surface area contributed by atoms with E-state index in [1.807, 2.05) is 11.8 Å². The van der Waals surface area contributed by atoms with Gasteiger partial charge in [0, 0.05) is 4.47 Å². The normalized spacial score (nSPS) is 23.0. The van der Waals surface area contributed by atoms with Crippen LogP contribution in [0.15, 0.2) is 28.7 Å². The molecule has 1 aliphatic rings. The zero-order valence-electron chi connectivity index (χ0n) is 7.29. The van der Waals surface area contributed by atoms with Crippen molar-refractivity contribution < 1.29 is 0 Å². The van der Waals surface area contributed by atoms with Crippen molar-refractivity contribution in [1.29, 1.82) is 0 Å². The number of thioether (sulfide) groups is 1. The van der Waals surface area contributed by atoms with E-state index in [1.54, 1.807) is 0 Å². The standard InChI is InChI=1S/C10H12BrNS/c11-9-4-1-3-8(7-9)10-12-5-2-6-13-10/h1,3-4,7,10,12H,2,5-6H2/t10-/m0/s1. The maximum absolute atomic E-state index is 3.50. The summed E-state index contributed by atoms with van der Waals surface area (Å²) in [6.45, 7) is 1.14. The Balaban J connectivity index is 2.14. The summed E-state index contributed by atoms with van der Waals surface area (Å²) in [6, 6.07) is 8.53. The molecular formula is C10H12BrNS. The van der Waals surface area contributed by atoms with Gasteiger partial charge in [-0.25, -0.2) is 0 Å². The Labute approximate surface area is 91.4 Å². The van der Waals surface area contributed by atoms with Crippen molar-refractivity contribution in [3.05, 3.63) is 34.3 Å². The van der Waals surface area contributed by atoms with E-state index in [1.165, 1.54) is 17.7 Å². The van der Waals surface area contributed by atoms with Crippen LogP contribution in [0.4, 0.5) is 0 Å². The second-order valence-corrected chi connectivity index (χ2v) is 5.24. The lowest BCUT2D eigenvalue weighted by atomic mass is 10.2. The molecule has 13 heavy (non-hydrogen) atoms. The van der Waals surface area contributed by atoms with Crippen LogP contribution >= 0.6 is 27.7 Å². The van der Waals surface area contributed by atoms with Gasteiger partial charge in [0.25, 0.3) is 0 Å². The molecule has 1 heterocycles. The Bertz CT molecular complexity index is 284. The van der Waals surface area contributed by atoms with Gasteiger partial charge in [0.15, 0.2) is 0 Å². The Morgan fingerprint density at radius 1 is 1.46 bits per heavy atom. The van der Waals surface area contributed by atoms with Crippen LogP contribution in [0.5, 0.6) is 0 Å². The number of benzene rings is 1. The summed E-state index contributed by atoms with van der Waals surface area (Å²) in [7, 11) is 0. The van der Waals surface area contributed by atoms with Gasteiger partial charge in [0.1, 0.15) is 0 Å². The maximum atomic E-state index is 3.50. The van der Waals surface area contributed by atoms with Crippen molar-refractivity contribution in [2.24, 2.45) is 0 Å².